The lowest BCUT2D eigenvalue weighted by Gasteiger charge is -2.04. The van der Waals surface area contributed by atoms with E-state index in [9.17, 15) is 4.79 Å². The monoisotopic (exact) mass is 280 g/mol. The Morgan fingerprint density at radius 3 is 2.94 bits per heavy atom. The minimum absolute atomic E-state index is 0.0998. The average Bonchev–Trinajstić information content (AvgIpc) is 2.83. The molecule has 0 atom stereocenters. The van der Waals surface area contributed by atoms with Crippen molar-refractivity contribution in [2.75, 3.05) is 10.6 Å². The first-order valence-electron chi connectivity index (χ1n) is 4.60. The molecule has 1 N–H and O–H groups in total. The zero-order valence-electron chi connectivity index (χ0n) is 8.30. The first-order valence-corrected chi connectivity index (χ1v) is 5.72. The van der Waals surface area contributed by atoms with Gasteiger partial charge in [-0.25, -0.2) is 9.97 Å². The van der Waals surface area contributed by atoms with E-state index in [1.807, 2.05) is 6.07 Å². The van der Waals surface area contributed by atoms with Crippen LogP contribution >= 0.6 is 15.9 Å². The molecule has 0 saturated carbocycles. The summed E-state index contributed by atoms with van der Waals surface area (Å²) in [4.78, 5) is 19.2. The highest BCUT2D eigenvalue weighted by Crippen LogP contribution is 2.09. The van der Waals surface area contributed by atoms with Crippen LogP contribution in [-0.4, -0.2) is 25.8 Å². The van der Waals surface area contributed by atoms with Gasteiger partial charge in [0.25, 0.3) is 0 Å². The highest BCUT2D eigenvalue weighted by atomic mass is 79.9. The molecule has 2 rings (SSSR count). The number of hydrogen-bond acceptors (Lipinski definition) is 3. The molecule has 0 aliphatic rings. The Morgan fingerprint density at radius 1 is 1.50 bits per heavy atom. The standard InChI is InChI=1S/C10H9BrN4O/c11-5-10(16)14-8-1-2-9(13-6-8)15-4-3-12-7-15/h1-4,6-7H,5H2,(H,14,16). The summed E-state index contributed by atoms with van der Waals surface area (Å²) in [5.74, 6) is 0.659. The number of carbonyl (C=O) groups is 1. The number of rotatable bonds is 3. The van der Waals surface area contributed by atoms with Crippen LogP contribution in [0, 0.1) is 0 Å². The van der Waals surface area contributed by atoms with Gasteiger partial charge in [-0.05, 0) is 12.1 Å². The Morgan fingerprint density at radius 2 is 2.38 bits per heavy atom. The fraction of sp³-hybridized carbons (Fsp3) is 0.100. The van der Waals surface area contributed by atoms with Crippen molar-refractivity contribution in [2.45, 2.75) is 0 Å². The minimum atomic E-state index is -0.0998. The Hall–Kier alpha value is -1.69. The molecule has 0 unspecified atom stereocenters. The summed E-state index contributed by atoms with van der Waals surface area (Å²) in [6.45, 7) is 0. The van der Waals surface area contributed by atoms with Crippen molar-refractivity contribution in [3.05, 3.63) is 37.1 Å². The number of anilines is 1. The number of imidazole rings is 1. The predicted molar refractivity (Wildman–Crippen MR) is 63.8 cm³/mol. The summed E-state index contributed by atoms with van der Waals surface area (Å²) in [6.07, 6.45) is 6.76. The summed E-state index contributed by atoms with van der Waals surface area (Å²) >= 11 is 3.07. The molecule has 16 heavy (non-hydrogen) atoms. The number of aromatic nitrogens is 3. The van der Waals surface area contributed by atoms with Crippen molar-refractivity contribution in [1.29, 1.82) is 0 Å². The van der Waals surface area contributed by atoms with E-state index in [1.54, 1.807) is 35.6 Å². The lowest BCUT2D eigenvalue weighted by Crippen LogP contribution is -2.12. The van der Waals surface area contributed by atoms with Gasteiger partial charge in [-0.3, -0.25) is 9.36 Å². The molecule has 1 amide bonds. The first kappa shape index (κ1) is 10.8. The number of nitrogens with one attached hydrogen (secondary N) is 1. The van der Waals surface area contributed by atoms with E-state index < -0.39 is 0 Å². The molecule has 0 aromatic carbocycles. The van der Waals surface area contributed by atoms with E-state index in [4.69, 9.17) is 0 Å². The van der Waals surface area contributed by atoms with Gasteiger partial charge in [0, 0.05) is 12.4 Å². The zero-order valence-corrected chi connectivity index (χ0v) is 9.89. The van der Waals surface area contributed by atoms with Gasteiger partial charge in [0.2, 0.25) is 5.91 Å². The molecule has 0 radical (unpaired) electrons. The Bertz CT molecular complexity index is 466. The topological polar surface area (TPSA) is 59.8 Å². The average molecular weight is 281 g/mol. The quantitative estimate of drug-likeness (QED) is 0.869. The van der Waals surface area contributed by atoms with Gasteiger partial charge in [0.05, 0.1) is 17.2 Å². The van der Waals surface area contributed by atoms with Crippen LogP contribution < -0.4 is 5.32 Å². The Kier molecular flexibility index (Phi) is 3.31. The van der Waals surface area contributed by atoms with Crippen molar-refractivity contribution >= 4 is 27.5 Å². The van der Waals surface area contributed by atoms with Gasteiger partial charge in [-0.1, -0.05) is 15.9 Å². The summed E-state index contributed by atoms with van der Waals surface area (Å²) in [5.41, 5.74) is 0.674. The molecule has 2 aromatic heterocycles. The molecular weight excluding hydrogens is 272 g/mol. The highest BCUT2D eigenvalue weighted by Gasteiger charge is 2.01. The van der Waals surface area contributed by atoms with Crippen molar-refractivity contribution in [2.24, 2.45) is 0 Å². The number of nitrogens with zero attached hydrogens (tertiary/aromatic N) is 3. The third-order valence-corrected chi connectivity index (χ3v) is 2.43. The van der Waals surface area contributed by atoms with Gasteiger partial charge in [0.15, 0.2) is 0 Å². The second kappa shape index (κ2) is 4.89. The third kappa shape index (κ3) is 2.46. The van der Waals surface area contributed by atoms with Crippen molar-refractivity contribution in [1.82, 2.24) is 14.5 Å². The van der Waals surface area contributed by atoms with E-state index in [0.717, 1.165) is 5.82 Å². The fourth-order valence-electron chi connectivity index (χ4n) is 1.20. The smallest absolute Gasteiger partial charge is 0.235 e. The van der Waals surface area contributed by atoms with E-state index in [0.29, 0.717) is 5.69 Å². The van der Waals surface area contributed by atoms with Crippen LogP contribution in [-0.2, 0) is 4.79 Å². The van der Waals surface area contributed by atoms with E-state index in [2.05, 4.69) is 31.2 Å². The molecule has 82 valence electrons. The zero-order chi connectivity index (χ0) is 11.4. The van der Waals surface area contributed by atoms with Crippen LogP contribution in [0.25, 0.3) is 5.82 Å². The largest absolute Gasteiger partial charge is 0.324 e. The fourth-order valence-corrected chi connectivity index (χ4v) is 1.34. The first-order chi connectivity index (χ1) is 7.79. The van der Waals surface area contributed by atoms with Crippen LogP contribution in [0.2, 0.25) is 0 Å². The van der Waals surface area contributed by atoms with Crippen LogP contribution in [0.4, 0.5) is 5.69 Å². The molecule has 0 fully saturated rings. The number of hydrogen-bond donors (Lipinski definition) is 1. The summed E-state index contributed by atoms with van der Waals surface area (Å²) in [5, 5.41) is 2.96. The molecule has 0 aliphatic heterocycles. The van der Waals surface area contributed by atoms with Gasteiger partial charge in [0.1, 0.15) is 12.1 Å². The number of alkyl halides is 1. The third-order valence-electron chi connectivity index (χ3n) is 1.92. The SMILES string of the molecule is O=C(CBr)Nc1ccc(-n2ccnc2)nc1. The Balaban J connectivity index is 2.14. The molecule has 0 spiro atoms. The van der Waals surface area contributed by atoms with Crippen LogP contribution in [0.5, 0.6) is 0 Å². The number of pyridine rings is 1. The van der Waals surface area contributed by atoms with Gasteiger partial charge >= 0.3 is 0 Å². The van der Waals surface area contributed by atoms with Gasteiger partial charge in [-0.15, -0.1) is 0 Å². The van der Waals surface area contributed by atoms with Crippen LogP contribution in [0.1, 0.15) is 0 Å². The van der Waals surface area contributed by atoms with E-state index in [-0.39, 0.29) is 11.2 Å². The minimum Gasteiger partial charge on any atom is -0.324 e. The molecule has 2 aromatic rings. The number of halogens is 1. The molecular formula is C10H9BrN4O. The lowest BCUT2D eigenvalue weighted by molar-refractivity contribution is -0.113. The second-order valence-electron chi connectivity index (χ2n) is 3.06. The molecule has 6 heteroatoms. The molecule has 0 bridgehead atoms. The van der Waals surface area contributed by atoms with Crippen molar-refractivity contribution in [3.63, 3.8) is 0 Å². The van der Waals surface area contributed by atoms with Crippen molar-refractivity contribution in [3.8, 4) is 5.82 Å². The molecule has 5 nitrogen and oxygen atoms in total. The predicted octanol–water partition coefficient (Wildman–Crippen LogP) is 1.60. The van der Waals surface area contributed by atoms with E-state index >= 15 is 0 Å². The summed E-state index contributed by atoms with van der Waals surface area (Å²) in [7, 11) is 0. The maximum Gasteiger partial charge on any atom is 0.235 e. The normalized spacial score (nSPS) is 10.1. The van der Waals surface area contributed by atoms with Crippen LogP contribution in [0.3, 0.4) is 0 Å². The highest BCUT2D eigenvalue weighted by molar-refractivity contribution is 9.09. The molecule has 0 aliphatic carbocycles. The Labute approximate surface area is 101 Å². The maximum absolute atomic E-state index is 11.1. The van der Waals surface area contributed by atoms with Crippen LogP contribution in [0.15, 0.2) is 37.1 Å². The summed E-state index contributed by atoms with van der Waals surface area (Å²) in [6, 6.07) is 3.61. The van der Waals surface area contributed by atoms with Gasteiger partial charge < -0.3 is 5.32 Å². The lowest BCUT2D eigenvalue weighted by atomic mass is 10.4. The number of carbonyl (C=O) groups excluding carboxylic acids is 1. The molecule has 0 saturated heterocycles. The second-order valence-corrected chi connectivity index (χ2v) is 3.62. The van der Waals surface area contributed by atoms with Gasteiger partial charge in [-0.2, -0.15) is 0 Å². The summed E-state index contributed by atoms with van der Waals surface area (Å²) < 4.78 is 1.79. The maximum atomic E-state index is 11.1. The molecule has 2 heterocycles. The van der Waals surface area contributed by atoms with Crippen molar-refractivity contribution < 1.29 is 4.79 Å². The number of amides is 1. The van der Waals surface area contributed by atoms with E-state index in [1.165, 1.54) is 0 Å².